The topological polar surface area (TPSA) is 72.4 Å². The van der Waals surface area contributed by atoms with Crippen LogP contribution in [0.15, 0.2) is 30.5 Å². The summed E-state index contributed by atoms with van der Waals surface area (Å²) in [7, 11) is 3.39. The van der Waals surface area contributed by atoms with Crippen LogP contribution >= 0.6 is 11.6 Å². The molecular formula is C22H25ClFN5O2. The van der Waals surface area contributed by atoms with Gasteiger partial charge in [-0.15, -0.1) is 5.10 Å². The summed E-state index contributed by atoms with van der Waals surface area (Å²) in [6.45, 7) is 5.18. The minimum absolute atomic E-state index is 0.00858. The lowest BCUT2D eigenvalue weighted by atomic mass is 10.1. The summed E-state index contributed by atoms with van der Waals surface area (Å²) in [5.74, 6) is 0.111. The second-order valence-corrected chi connectivity index (χ2v) is 8.06. The van der Waals surface area contributed by atoms with E-state index in [4.69, 9.17) is 21.1 Å². The Hall–Kier alpha value is -2.55. The first-order valence-electron chi connectivity index (χ1n) is 10.1. The van der Waals surface area contributed by atoms with E-state index in [0.29, 0.717) is 24.5 Å². The zero-order valence-corrected chi connectivity index (χ0v) is 18.7. The summed E-state index contributed by atoms with van der Waals surface area (Å²) in [4.78, 5) is 6.83. The summed E-state index contributed by atoms with van der Waals surface area (Å²) in [5.41, 5.74) is 3.08. The second kappa shape index (κ2) is 8.90. The van der Waals surface area contributed by atoms with Crippen molar-refractivity contribution in [1.29, 1.82) is 0 Å². The molecule has 0 radical (unpaired) electrons. The van der Waals surface area contributed by atoms with E-state index in [9.17, 15) is 4.39 Å². The number of pyridine rings is 1. The second-order valence-electron chi connectivity index (χ2n) is 7.69. The smallest absolute Gasteiger partial charge is 0.158 e. The van der Waals surface area contributed by atoms with Gasteiger partial charge >= 0.3 is 0 Å². The SMILES string of the molecule is CO[C@H]1CN(c2cnc3c(C)nnc(N[C@H](C)c4cccc(F)c4Cl)c3c2)C[C@H]1OC. The molecule has 164 valence electrons. The van der Waals surface area contributed by atoms with Crippen LogP contribution < -0.4 is 10.2 Å². The maximum Gasteiger partial charge on any atom is 0.158 e. The molecule has 7 nitrogen and oxygen atoms in total. The van der Waals surface area contributed by atoms with Crippen LogP contribution in [-0.2, 0) is 9.47 Å². The molecule has 1 aliphatic rings. The quantitative estimate of drug-likeness (QED) is 0.611. The lowest BCUT2D eigenvalue weighted by Gasteiger charge is -2.20. The molecule has 0 bridgehead atoms. The van der Waals surface area contributed by atoms with Crippen molar-refractivity contribution in [2.45, 2.75) is 32.1 Å². The minimum Gasteiger partial charge on any atom is -0.377 e. The van der Waals surface area contributed by atoms with Crippen LogP contribution in [0.4, 0.5) is 15.9 Å². The largest absolute Gasteiger partial charge is 0.377 e. The Bertz CT molecular complexity index is 1090. The number of anilines is 2. The van der Waals surface area contributed by atoms with E-state index in [1.54, 1.807) is 26.4 Å². The Balaban J connectivity index is 1.69. The molecule has 1 fully saturated rings. The summed E-state index contributed by atoms with van der Waals surface area (Å²) in [6.07, 6.45) is 1.81. The van der Waals surface area contributed by atoms with Crippen LogP contribution in [0, 0.1) is 12.7 Å². The zero-order chi connectivity index (χ0) is 22.1. The first-order chi connectivity index (χ1) is 14.9. The van der Waals surface area contributed by atoms with Crippen LogP contribution in [-0.4, -0.2) is 54.7 Å². The fourth-order valence-corrected chi connectivity index (χ4v) is 4.26. The molecular weight excluding hydrogens is 421 g/mol. The molecule has 3 atom stereocenters. The van der Waals surface area contributed by atoms with Crippen molar-refractivity contribution < 1.29 is 13.9 Å². The zero-order valence-electron chi connectivity index (χ0n) is 17.9. The number of nitrogens with one attached hydrogen (secondary N) is 1. The molecule has 0 unspecified atom stereocenters. The molecule has 0 aliphatic carbocycles. The molecule has 31 heavy (non-hydrogen) atoms. The Labute approximate surface area is 185 Å². The van der Waals surface area contributed by atoms with Crippen LogP contribution in [0.1, 0.15) is 24.2 Å². The molecule has 4 rings (SSSR count). The molecule has 0 amide bonds. The van der Waals surface area contributed by atoms with E-state index >= 15 is 0 Å². The fraction of sp³-hybridized carbons (Fsp3) is 0.409. The number of fused-ring (bicyclic) bond motifs is 1. The molecule has 9 heteroatoms. The highest BCUT2D eigenvalue weighted by Gasteiger charge is 2.33. The van der Waals surface area contributed by atoms with E-state index in [0.717, 1.165) is 22.3 Å². The van der Waals surface area contributed by atoms with Gasteiger partial charge in [-0.05, 0) is 31.5 Å². The van der Waals surface area contributed by atoms with Gasteiger partial charge in [0.15, 0.2) is 5.82 Å². The number of hydrogen-bond acceptors (Lipinski definition) is 7. The Morgan fingerprint density at radius 2 is 1.90 bits per heavy atom. The normalized spacial score (nSPS) is 19.7. The standard InChI is InChI=1S/C22H25ClFN5O2/c1-12(15-6-5-7-17(24)20(15)23)26-22-16-8-14(9-25-21(16)13(2)27-28-22)29-10-18(30-3)19(11-29)31-4/h5-9,12,18-19H,10-11H2,1-4H3,(H,26,28)/t12-,18-,19+/m1/s1. The van der Waals surface area contributed by atoms with Crippen molar-refractivity contribution in [2.75, 3.05) is 37.5 Å². The van der Waals surface area contributed by atoms with E-state index < -0.39 is 5.82 Å². The minimum atomic E-state index is -0.453. The number of aromatic nitrogens is 3. The van der Waals surface area contributed by atoms with Crippen molar-refractivity contribution in [1.82, 2.24) is 15.2 Å². The van der Waals surface area contributed by atoms with E-state index in [-0.39, 0.29) is 23.3 Å². The van der Waals surface area contributed by atoms with E-state index in [1.807, 2.05) is 26.1 Å². The molecule has 0 saturated carbocycles. The summed E-state index contributed by atoms with van der Waals surface area (Å²) >= 11 is 6.17. The van der Waals surface area contributed by atoms with Gasteiger partial charge < -0.3 is 19.7 Å². The Morgan fingerprint density at radius 3 is 2.58 bits per heavy atom. The number of halogens is 2. The third-order valence-corrected chi connectivity index (χ3v) is 6.16. The van der Waals surface area contributed by atoms with Crippen molar-refractivity contribution >= 4 is 34.0 Å². The first kappa shape index (κ1) is 21.7. The Kier molecular flexibility index (Phi) is 6.22. The van der Waals surface area contributed by atoms with Gasteiger partial charge in [-0.25, -0.2) is 4.39 Å². The number of benzene rings is 1. The molecule has 3 aromatic rings. The van der Waals surface area contributed by atoms with E-state index in [1.165, 1.54) is 6.07 Å². The molecule has 3 heterocycles. The molecule has 1 aliphatic heterocycles. The highest BCUT2D eigenvalue weighted by atomic mass is 35.5. The van der Waals surface area contributed by atoms with E-state index in [2.05, 4.69) is 25.4 Å². The maximum atomic E-state index is 13.9. The predicted octanol–water partition coefficient (Wildman–Crippen LogP) is 4.15. The highest BCUT2D eigenvalue weighted by Crippen LogP contribution is 2.32. The molecule has 1 saturated heterocycles. The van der Waals surface area contributed by atoms with Crippen molar-refractivity contribution in [3.63, 3.8) is 0 Å². The van der Waals surface area contributed by atoms with Gasteiger partial charge in [0.1, 0.15) is 18.0 Å². The first-order valence-corrected chi connectivity index (χ1v) is 10.4. The van der Waals surface area contributed by atoms with Gasteiger partial charge in [-0.2, -0.15) is 5.10 Å². The number of aryl methyl sites for hydroxylation is 1. The number of ether oxygens (including phenoxy) is 2. The van der Waals surface area contributed by atoms with Gasteiger partial charge in [0, 0.05) is 32.7 Å². The lowest BCUT2D eigenvalue weighted by molar-refractivity contribution is -0.00461. The van der Waals surface area contributed by atoms with Crippen LogP contribution in [0.2, 0.25) is 5.02 Å². The molecule has 1 aromatic carbocycles. The Morgan fingerprint density at radius 1 is 1.19 bits per heavy atom. The van der Waals surface area contributed by atoms with Crippen molar-refractivity contribution in [2.24, 2.45) is 0 Å². The van der Waals surface area contributed by atoms with Gasteiger partial charge in [0.2, 0.25) is 0 Å². The van der Waals surface area contributed by atoms with Gasteiger partial charge in [0.25, 0.3) is 0 Å². The van der Waals surface area contributed by atoms with Crippen molar-refractivity contribution in [3.05, 3.63) is 52.6 Å². The van der Waals surface area contributed by atoms with Gasteiger partial charge in [-0.1, -0.05) is 23.7 Å². The summed E-state index contributed by atoms with van der Waals surface area (Å²) in [5, 5.41) is 12.8. The molecule has 2 aromatic heterocycles. The maximum absolute atomic E-state index is 13.9. The third kappa shape index (κ3) is 4.15. The number of rotatable bonds is 6. The van der Waals surface area contributed by atoms with Crippen LogP contribution in [0.25, 0.3) is 10.9 Å². The number of nitrogens with zero attached hydrogens (tertiary/aromatic N) is 4. The molecule has 0 spiro atoms. The number of methoxy groups -OCH3 is 2. The summed E-state index contributed by atoms with van der Waals surface area (Å²) in [6, 6.07) is 6.52. The average molecular weight is 446 g/mol. The van der Waals surface area contributed by atoms with Gasteiger partial charge in [-0.3, -0.25) is 4.98 Å². The predicted molar refractivity (Wildman–Crippen MR) is 119 cm³/mol. The monoisotopic (exact) mass is 445 g/mol. The average Bonchev–Trinajstić information content (AvgIpc) is 3.21. The van der Waals surface area contributed by atoms with Gasteiger partial charge in [0.05, 0.1) is 34.2 Å². The fourth-order valence-electron chi connectivity index (χ4n) is 3.97. The summed E-state index contributed by atoms with van der Waals surface area (Å²) < 4.78 is 25.0. The van der Waals surface area contributed by atoms with Crippen LogP contribution in [0.3, 0.4) is 0 Å². The molecule has 1 N–H and O–H groups in total. The van der Waals surface area contributed by atoms with Crippen LogP contribution in [0.5, 0.6) is 0 Å². The number of hydrogen-bond donors (Lipinski definition) is 1. The highest BCUT2D eigenvalue weighted by molar-refractivity contribution is 6.31. The lowest BCUT2D eigenvalue weighted by Crippen LogP contribution is -2.27. The third-order valence-electron chi connectivity index (χ3n) is 5.76. The van der Waals surface area contributed by atoms with Crippen molar-refractivity contribution in [3.8, 4) is 0 Å².